The Labute approximate surface area is 292 Å². The molecule has 0 aliphatic heterocycles. The van der Waals surface area contributed by atoms with Crippen molar-refractivity contribution in [3.63, 3.8) is 0 Å². The monoisotopic (exact) mass is 700 g/mol. The molecule has 0 spiro atoms. The van der Waals surface area contributed by atoms with E-state index in [0.29, 0.717) is 75.0 Å². The molecule has 0 bridgehead atoms. The minimum absolute atomic E-state index is 0.0469. The largest absolute Gasteiger partial charge is 0.463 e. The van der Waals surface area contributed by atoms with Crippen molar-refractivity contribution in [2.45, 2.75) is 33.1 Å². The third-order valence-corrected chi connectivity index (χ3v) is 7.79. The molecule has 18 heteroatoms. The Morgan fingerprint density at radius 1 is 0.788 bits per heavy atom. The summed E-state index contributed by atoms with van der Waals surface area (Å²) in [4.78, 5) is 24.4. The van der Waals surface area contributed by atoms with E-state index in [9.17, 15) is 4.39 Å². The number of hydrogen-bond donors (Lipinski definition) is 3. The first-order valence-corrected chi connectivity index (χ1v) is 16.0. The number of benzene rings is 1. The maximum Gasteiger partial charge on any atom is 0.222 e. The summed E-state index contributed by atoms with van der Waals surface area (Å²) >= 11 is 0. The molecule has 0 aliphatic rings. The van der Waals surface area contributed by atoms with Crippen molar-refractivity contribution in [2.24, 2.45) is 0 Å². The zero-order valence-corrected chi connectivity index (χ0v) is 27.7. The van der Waals surface area contributed by atoms with Crippen LogP contribution in [0.25, 0.3) is 61.8 Å². The van der Waals surface area contributed by atoms with E-state index in [1.54, 1.807) is 53.5 Å². The molecule has 0 saturated heterocycles. The van der Waals surface area contributed by atoms with Gasteiger partial charge in [-0.3, -0.25) is 4.98 Å². The molecule has 0 amide bonds. The standard InChI is InChI=1S/C18H19N7O2.C16H10FN7O/c1-11(2)27-10-13-6-3-5-12(20-13)9-25-17-16(23-24-25)15(21-18(19)22-17)14-7-4-8-26-14;17-10-7-9(6-8-3-4-19-12(8)10)24-15-14(22-23-24)13(20-16(18)21-15)11-2-1-5-25-11/h3-8,11H,9-10H2,1-2H3,(H2,19,21,22);1-7,19H,(H2,18,20,21). The quantitative estimate of drug-likeness (QED) is 0.187. The van der Waals surface area contributed by atoms with Crippen LogP contribution in [0.3, 0.4) is 0 Å². The molecule has 260 valence electrons. The first-order chi connectivity index (χ1) is 25.3. The zero-order valence-electron chi connectivity index (χ0n) is 27.7. The third kappa shape index (κ3) is 6.24. The summed E-state index contributed by atoms with van der Waals surface area (Å²) in [5.74, 6) is 0.843. The van der Waals surface area contributed by atoms with E-state index in [1.165, 1.54) is 17.0 Å². The number of furan rings is 2. The van der Waals surface area contributed by atoms with Crippen LogP contribution in [-0.2, 0) is 17.9 Å². The Balaban J connectivity index is 0.000000149. The molecule has 0 atom stereocenters. The lowest BCUT2D eigenvalue weighted by atomic mass is 10.2. The van der Waals surface area contributed by atoms with Gasteiger partial charge in [-0.25, -0.2) is 19.0 Å². The summed E-state index contributed by atoms with van der Waals surface area (Å²) < 4.78 is 33.8. The lowest BCUT2D eigenvalue weighted by Gasteiger charge is -2.08. The highest BCUT2D eigenvalue weighted by Crippen LogP contribution is 2.29. The summed E-state index contributed by atoms with van der Waals surface area (Å²) in [5, 5.41) is 17.4. The van der Waals surface area contributed by atoms with E-state index in [2.05, 4.69) is 50.5 Å². The topological polar surface area (TPSA) is 229 Å². The molecule has 0 unspecified atom stereocenters. The highest BCUT2D eigenvalue weighted by molar-refractivity contribution is 5.88. The van der Waals surface area contributed by atoms with Gasteiger partial charge in [-0.2, -0.15) is 14.6 Å². The highest BCUT2D eigenvalue weighted by Gasteiger charge is 2.20. The van der Waals surface area contributed by atoms with Gasteiger partial charge in [0.2, 0.25) is 11.9 Å². The van der Waals surface area contributed by atoms with Gasteiger partial charge in [0, 0.05) is 17.6 Å². The van der Waals surface area contributed by atoms with Crippen LogP contribution < -0.4 is 11.5 Å². The second kappa shape index (κ2) is 13.3. The van der Waals surface area contributed by atoms with E-state index in [0.717, 1.165) is 11.4 Å². The van der Waals surface area contributed by atoms with E-state index in [-0.39, 0.29) is 18.0 Å². The second-order valence-corrected chi connectivity index (χ2v) is 11.8. The summed E-state index contributed by atoms with van der Waals surface area (Å²) in [7, 11) is 0. The summed E-state index contributed by atoms with van der Waals surface area (Å²) in [6, 6.07) is 17.8. The van der Waals surface area contributed by atoms with Gasteiger partial charge in [0.1, 0.15) is 17.2 Å². The molecule has 5 N–H and O–H groups in total. The van der Waals surface area contributed by atoms with Crippen molar-refractivity contribution in [3.05, 3.63) is 96.6 Å². The Morgan fingerprint density at radius 3 is 2.15 bits per heavy atom. The summed E-state index contributed by atoms with van der Waals surface area (Å²) in [6.07, 6.45) is 4.92. The van der Waals surface area contributed by atoms with Gasteiger partial charge in [-0.15, -0.1) is 10.2 Å². The van der Waals surface area contributed by atoms with Crippen LogP contribution in [0.2, 0.25) is 0 Å². The van der Waals surface area contributed by atoms with Crippen molar-refractivity contribution < 1.29 is 18.0 Å². The number of nitrogen functional groups attached to an aromatic ring is 2. The lowest BCUT2D eigenvalue weighted by Crippen LogP contribution is -2.08. The van der Waals surface area contributed by atoms with Crippen molar-refractivity contribution in [3.8, 4) is 28.6 Å². The number of anilines is 2. The molecule has 17 nitrogen and oxygen atoms in total. The number of nitrogens with zero attached hydrogens (tertiary/aromatic N) is 11. The molecule has 8 heterocycles. The molecule has 9 rings (SSSR count). The molecule has 0 fully saturated rings. The fourth-order valence-electron chi connectivity index (χ4n) is 5.49. The van der Waals surface area contributed by atoms with Crippen molar-refractivity contribution in [1.29, 1.82) is 0 Å². The average molecular weight is 701 g/mol. The zero-order chi connectivity index (χ0) is 35.8. The number of rotatable bonds is 8. The van der Waals surface area contributed by atoms with Gasteiger partial charge in [-0.05, 0) is 62.4 Å². The normalized spacial score (nSPS) is 11.5. The number of hydrogen-bond acceptors (Lipinski definition) is 14. The molecule has 1 aromatic carbocycles. The van der Waals surface area contributed by atoms with Crippen LogP contribution in [0.15, 0.2) is 88.2 Å². The maximum absolute atomic E-state index is 14.3. The van der Waals surface area contributed by atoms with Gasteiger partial charge in [0.05, 0.1) is 54.4 Å². The Morgan fingerprint density at radius 2 is 1.46 bits per heavy atom. The predicted molar refractivity (Wildman–Crippen MR) is 187 cm³/mol. The number of aromatic amines is 1. The van der Waals surface area contributed by atoms with E-state index < -0.39 is 5.82 Å². The fraction of sp³-hybridized carbons (Fsp3) is 0.147. The molecule has 52 heavy (non-hydrogen) atoms. The molecule has 0 radical (unpaired) electrons. The van der Waals surface area contributed by atoms with Crippen molar-refractivity contribution >= 4 is 45.1 Å². The van der Waals surface area contributed by atoms with Crippen LogP contribution in [0.4, 0.5) is 16.3 Å². The summed E-state index contributed by atoms with van der Waals surface area (Å²) in [5.41, 5.74) is 17.1. The number of nitrogens with two attached hydrogens (primary N) is 2. The van der Waals surface area contributed by atoms with Crippen molar-refractivity contribution in [1.82, 2.24) is 59.9 Å². The number of pyridine rings is 1. The molecule has 0 saturated carbocycles. The van der Waals surface area contributed by atoms with E-state index >= 15 is 0 Å². The van der Waals surface area contributed by atoms with Crippen LogP contribution >= 0.6 is 0 Å². The third-order valence-electron chi connectivity index (χ3n) is 7.79. The van der Waals surface area contributed by atoms with Crippen LogP contribution in [0.1, 0.15) is 25.2 Å². The van der Waals surface area contributed by atoms with Gasteiger partial charge >= 0.3 is 0 Å². The van der Waals surface area contributed by atoms with Crippen molar-refractivity contribution in [2.75, 3.05) is 11.5 Å². The maximum atomic E-state index is 14.3. The number of ether oxygens (including phenoxy) is 1. The number of fused-ring (bicyclic) bond motifs is 3. The molecular weight excluding hydrogens is 671 g/mol. The van der Waals surface area contributed by atoms with Gasteiger partial charge in [-0.1, -0.05) is 16.5 Å². The lowest BCUT2D eigenvalue weighted by molar-refractivity contribution is 0.0635. The predicted octanol–water partition coefficient (Wildman–Crippen LogP) is 5.10. The summed E-state index contributed by atoms with van der Waals surface area (Å²) in [6.45, 7) is 4.85. The first kappa shape index (κ1) is 32.1. The Hall–Kier alpha value is -7.08. The van der Waals surface area contributed by atoms with Gasteiger partial charge < -0.3 is 30.0 Å². The SMILES string of the molecule is CC(C)OCc1cccc(Cn2nnc3c(-c4ccco4)nc(N)nc32)n1.Nc1nc(-c2ccco2)c2nnn(-c3cc(F)c4[nH]ccc4c3)c2n1. The van der Waals surface area contributed by atoms with Crippen LogP contribution in [-0.4, -0.2) is 66.0 Å². The number of aromatic nitrogens is 12. The van der Waals surface area contributed by atoms with E-state index in [4.69, 9.17) is 25.0 Å². The highest BCUT2D eigenvalue weighted by atomic mass is 19.1. The average Bonchev–Trinajstić information content (AvgIpc) is 3.98. The molecular formula is C34H29FN14O3. The van der Waals surface area contributed by atoms with Gasteiger partial charge in [0.15, 0.2) is 33.8 Å². The van der Waals surface area contributed by atoms with Crippen LogP contribution in [0, 0.1) is 5.82 Å². The number of halogens is 1. The van der Waals surface area contributed by atoms with E-state index in [1.807, 2.05) is 32.0 Å². The molecule has 9 aromatic rings. The van der Waals surface area contributed by atoms with Gasteiger partial charge in [0.25, 0.3) is 0 Å². The first-order valence-electron chi connectivity index (χ1n) is 16.0. The molecule has 0 aliphatic carbocycles. The smallest absolute Gasteiger partial charge is 0.222 e. The number of H-pyrrole nitrogens is 1. The second-order valence-electron chi connectivity index (χ2n) is 11.8. The minimum atomic E-state index is -0.394. The molecule has 8 aromatic heterocycles. The van der Waals surface area contributed by atoms with Crippen LogP contribution in [0.5, 0.6) is 0 Å². The Bertz CT molecular complexity index is 2650. The minimum Gasteiger partial charge on any atom is -0.463 e. The Kier molecular flexibility index (Phi) is 8.24. The number of nitrogens with one attached hydrogen (secondary N) is 1. The fourth-order valence-corrected chi connectivity index (χ4v) is 5.49.